The third kappa shape index (κ3) is 5.06. The molecule has 2 aliphatic rings. The number of carbonyl (C=O) groups is 2. The number of aromatic nitrogens is 2. The van der Waals surface area contributed by atoms with Crippen molar-refractivity contribution in [3.63, 3.8) is 0 Å². The van der Waals surface area contributed by atoms with Crippen LogP contribution in [0.15, 0.2) is 48.7 Å². The summed E-state index contributed by atoms with van der Waals surface area (Å²) in [6, 6.07) is 11.3. The van der Waals surface area contributed by atoms with E-state index < -0.39 is 29.0 Å². The van der Waals surface area contributed by atoms with Crippen molar-refractivity contribution < 1.29 is 27.2 Å². The zero-order valence-corrected chi connectivity index (χ0v) is 20.8. The number of nitrogens with one attached hydrogen (secondary N) is 1. The second kappa shape index (κ2) is 9.76. The molecule has 1 aromatic carbocycles. The van der Waals surface area contributed by atoms with Gasteiger partial charge >= 0.3 is 6.18 Å². The van der Waals surface area contributed by atoms with Crippen molar-refractivity contribution in [1.29, 1.82) is 5.26 Å². The molecule has 1 N–H and O–H groups in total. The summed E-state index contributed by atoms with van der Waals surface area (Å²) in [4.78, 5) is 35.3. The van der Waals surface area contributed by atoms with Gasteiger partial charge in [0.2, 0.25) is 5.91 Å². The van der Waals surface area contributed by atoms with Crippen molar-refractivity contribution in [3.05, 3.63) is 77.1 Å². The van der Waals surface area contributed by atoms with Crippen molar-refractivity contribution in [2.75, 3.05) is 11.4 Å². The summed E-state index contributed by atoms with van der Waals surface area (Å²) in [5.41, 5.74) is -1.29. The Morgan fingerprint density at radius 3 is 2.69 bits per heavy atom. The minimum Gasteiger partial charge on any atom is -0.347 e. The number of nitriles is 1. The average molecular weight is 538 g/mol. The molecule has 1 atom stereocenters. The van der Waals surface area contributed by atoms with Crippen LogP contribution < -0.4 is 10.2 Å². The van der Waals surface area contributed by atoms with Crippen LogP contribution in [0.2, 0.25) is 0 Å². The second-order valence-corrected chi connectivity index (χ2v) is 9.84. The van der Waals surface area contributed by atoms with Crippen LogP contribution in [0.25, 0.3) is 11.1 Å². The van der Waals surface area contributed by atoms with Gasteiger partial charge in [0.25, 0.3) is 5.91 Å². The number of hydrogen-bond donors (Lipinski definition) is 1. The predicted octanol–water partition coefficient (Wildman–Crippen LogP) is 5.20. The number of alkyl halides is 3. The lowest BCUT2D eigenvalue weighted by Crippen LogP contribution is -2.35. The minimum atomic E-state index is -4.73. The molecular weight excluding hydrogens is 514 g/mol. The van der Waals surface area contributed by atoms with E-state index in [1.807, 2.05) is 0 Å². The molecule has 2 aromatic heterocycles. The summed E-state index contributed by atoms with van der Waals surface area (Å²) in [7, 11) is 0. The molecule has 3 heterocycles. The summed E-state index contributed by atoms with van der Waals surface area (Å²) in [5.74, 6) is -1.59. The highest BCUT2D eigenvalue weighted by Crippen LogP contribution is 2.52. The lowest BCUT2D eigenvalue weighted by molar-refractivity contribution is -0.140. The number of anilines is 1. The fraction of sp³-hybridized carbons (Fsp3) is 0.321. The normalized spacial score (nSPS) is 19.2. The molecule has 200 valence electrons. The molecule has 1 aliphatic heterocycles. The van der Waals surface area contributed by atoms with Crippen LogP contribution in [0.5, 0.6) is 0 Å². The van der Waals surface area contributed by atoms with E-state index >= 15 is 0 Å². The second-order valence-electron chi connectivity index (χ2n) is 9.84. The van der Waals surface area contributed by atoms with Gasteiger partial charge in [-0.05, 0) is 79.6 Å². The van der Waals surface area contributed by atoms with E-state index in [4.69, 9.17) is 0 Å². The molecule has 5 rings (SSSR count). The highest BCUT2D eigenvalue weighted by Gasteiger charge is 2.56. The first-order valence-electron chi connectivity index (χ1n) is 12.3. The molecule has 2 amide bonds. The van der Waals surface area contributed by atoms with Gasteiger partial charge in [0.15, 0.2) is 5.69 Å². The van der Waals surface area contributed by atoms with E-state index in [9.17, 15) is 32.4 Å². The molecule has 1 saturated heterocycles. The summed E-state index contributed by atoms with van der Waals surface area (Å²) in [6.07, 6.45) is -1.61. The van der Waals surface area contributed by atoms with Crippen LogP contribution in [0.1, 0.15) is 46.7 Å². The number of carbonyl (C=O) groups excluding carboxylic acids is 2. The van der Waals surface area contributed by atoms with Crippen LogP contribution in [0, 0.1) is 35.4 Å². The molecule has 0 radical (unpaired) electrons. The lowest BCUT2D eigenvalue weighted by atomic mass is 9.83. The quantitative estimate of drug-likeness (QED) is 0.436. The number of aryl methyl sites for hydroxylation is 1. The van der Waals surface area contributed by atoms with Gasteiger partial charge in [0, 0.05) is 36.2 Å². The Bertz CT molecular complexity index is 1510. The Morgan fingerprint density at radius 1 is 1.23 bits per heavy atom. The first-order valence-corrected chi connectivity index (χ1v) is 12.3. The van der Waals surface area contributed by atoms with Crippen molar-refractivity contribution in [1.82, 2.24) is 15.3 Å². The van der Waals surface area contributed by atoms with Crippen molar-refractivity contribution in [2.45, 2.75) is 38.9 Å². The lowest BCUT2D eigenvalue weighted by Gasteiger charge is -2.21. The van der Waals surface area contributed by atoms with Gasteiger partial charge in [-0.2, -0.15) is 18.4 Å². The molecule has 7 nitrogen and oxygen atoms in total. The smallest absolute Gasteiger partial charge is 0.347 e. The van der Waals surface area contributed by atoms with Gasteiger partial charge in [-0.15, -0.1) is 0 Å². The van der Waals surface area contributed by atoms with E-state index in [1.165, 1.54) is 29.2 Å². The summed E-state index contributed by atoms with van der Waals surface area (Å²) in [5, 5.41) is 12.4. The van der Waals surface area contributed by atoms with Gasteiger partial charge in [-0.3, -0.25) is 14.6 Å². The van der Waals surface area contributed by atoms with Crippen LogP contribution in [0.3, 0.4) is 0 Å². The number of pyridine rings is 2. The van der Waals surface area contributed by atoms with E-state index in [-0.39, 0.29) is 40.8 Å². The first kappa shape index (κ1) is 26.3. The summed E-state index contributed by atoms with van der Waals surface area (Å²) >= 11 is 0. The zero-order chi connectivity index (χ0) is 27.9. The number of halogens is 4. The minimum absolute atomic E-state index is 0.0157. The largest absolute Gasteiger partial charge is 0.433 e. The molecule has 3 aromatic rings. The average Bonchev–Trinajstić information content (AvgIpc) is 3.69. The zero-order valence-electron chi connectivity index (χ0n) is 20.8. The molecule has 1 saturated carbocycles. The van der Waals surface area contributed by atoms with E-state index in [0.29, 0.717) is 24.3 Å². The number of amides is 2. The Balaban J connectivity index is 1.35. The van der Waals surface area contributed by atoms with E-state index in [2.05, 4.69) is 21.4 Å². The highest BCUT2D eigenvalue weighted by molar-refractivity contribution is 6.03. The molecule has 0 bridgehead atoms. The van der Waals surface area contributed by atoms with Crippen LogP contribution >= 0.6 is 0 Å². The van der Waals surface area contributed by atoms with Crippen LogP contribution in [-0.4, -0.2) is 28.3 Å². The molecule has 11 heteroatoms. The summed E-state index contributed by atoms with van der Waals surface area (Å²) < 4.78 is 54.6. The Morgan fingerprint density at radius 2 is 2.00 bits per heavy atom. The maximum atomic E-state index is 14.4. The van der Waals surface area contributed by atoms with Crippen molar-refractivity contribution in [2.24, 2.45) is 11.3 Å². The number of hydrogen-bond acceptors (Lipinski definition) is 5. The van der Waals surface area contributed by atoms with Gasteiger partial charge in [-0.25, -0.2) is 9.37 Å². The molecule has 0 spiro atoms. The molecule has 39 heavy (non-hydrogen) atoms. The van der Waals surface area contributed by atoms with Crippen LogP contribution in [0.4, 0.5) is 23.2 Å². The SMILES string of the molecule is Cc1cc(N2CC[C@@](C#N)(C3CC3)C2=O)cc(C(=O)NCc2cc(F)cc(-c3cccnc3C(F)(F)F)c2)n1. The summed E-state index contributed by atoms with van der Waals surface area (Å²) in [6.45, 7) is 1.84. The van der Waals surface area contributed by atoms with Crippen molar-refractivity contribution >= 4 is 17.5 Å². The molecular formula is C28H23F4N5O2. The fourth-order valence-corrected chi connectivity index (χ4v) is 5.10. The number of benzene rings is 1. The van der Waals surface area contributed by atoms with Crippen molar-refractivity contribution in [3.8, 4) is 17.2 Å². The molecule has 0 unspecified atom stereocenters. The third-order valence-electron chi connectivity index (χ3n) is 7.11. The maximum Gasteiger partial charge on any atom is 0.433 e. The monoisotopic (exact) mass is 537 g/mol. The topological polar surface area (TPSA) is 99.0 Å². The maximum absolute atomic E-state index is 14.4. The fourth-order valence-electron chi connectivity index (χ4n) is 5.10. The standard InChI is InChI=1S/C28H23F4N5O2/c1-16-9-21(37-8-6-27(15-33,26(37)39)19-4-5-19)13-23(36-16)25(38)35-14-17-10-18(12-20(29)11-17)22-3-2-7-34-24(22)28(30,31)32/h2-3,7,9-13,19H,4-6,8,14H2,1H3,(H,35,38)/t27-/m1/s1. The highest BCUT2D eigenvalue weighted by atomic mass is 19.4. The Hall–Kier alpha value is -4.33. The number of nitrogens with zero attached hydrogens (tertiary/aromatic N) is 4. The Kier molecular flexibility index (Phi) is 6.58. The first-order chi connectivity index (χ1) is 18.5. The third-order valence-corrected chi connectivity index (χ3v) is 7.11. The van der Waals surface area contributed by atoms with Gasteiger partial charge in [0.1, 0.15) is 16.9 Å². The number of rotatable bonds is 6. The predicted molar refractivity (Wildman–Crippen MR) is 133 cm³/mol. The van der Waals surface area contributed by atoms with Gasteiger partial charge < -0.3 is 10.2 Å². The van der Waals surface area contributed by atoms with Gasteiger partial charge in [0.05, 0.1) is 6.07 Å². The van der Waals surface area contributed by atoms with E-state index in [0.717, 1.165) is 31.2 Å². The van der Waals surface area contributed by atoms with Gasteiger partial charge in [-0.1, -0.05) is 6.07 Å². The van der Waals surface area contributed by atoms with E-state index in [1.54, 1.807) is 13.0 Å². The van der Waals surface area contributed by atoms with Crippen LogP contribution in [-0.2, 0) is 17.5 Å². The molecule has 1 aliphatic carbocycles. The Labute approximate surface area is 221 Å². The molecule has 2 fully saturated rings.